The summed E-state index contributed by atoms with van der Waals surface area (Å²) < 4.78 is 0. The third-order valence-electron chi connectivity index (χ3n) is 3.01. The zero-order chi connectivity index (χ0) is 10.7. The smallest absolute Gasteiger partial charge is 0.0552 e. The highest BCUT2D eigenvalue weighted by molar-refractivity contribution is 5.27. The second-order valence-electron chi connectivity index (χ2n) is 4.49. The van der Waals surface area contributed by atoms with E-state index in [4.69, 9.17) is 0 Å². The molecule has 0 spiro atoms. The lowest BCUT2D eigenvalue weighted by Crippen LogP contribution is -2.09. The van der Waals surface area contributed by atoms with E-state index in [0.717, 1.165) is 19.5 Å². The Morgan fingerprint density at radius 2 is 2.40 bits per heavy atom. The zero-order valence-electron chi connectivity index (χ0n) is 9.24. The fraction of sp³-hybridized carbons (Fsp3) is 0.538. The molecule has 2 rings (SSSR count). The second-order valence-corrected chi connectivity index (χ2v) is 4.49. The van der Waals surface area contributed by atoms with Gasteiger partial charge in [0, 0.05) is 6.54 Å². The Morgan fingerprint density at radius 1 is 1.53 bits per heavy atom. The molecule has 1 heterocycles. The van der Waals surface area contributed by atoms with Crippen molar-refractivity contribution >= 4 is 0 Å². The highest BCUT2D eigenvalue weighted by atomic mass is 16.3. The van der Waals surface area contributed by atoms with Gasteiger partial charge in [-0.05, 0) is 43.4 Å². The lowest BCUT2D eigenvalue weighted by atomic mass is 9.95. The van der Waals surface area contributed by atoms with Gasteiger partial charge in [-0.2, -0.15) is 0 Å². The molecule has 2 unspecified atom stereocenters. The maximum atomic E-state index is 9.35. The van der Waals surface area contributed by atoms with Gasteiger partial charge in [0.2, 0.25) is 0 Å². The van der Waals surface area contributed by atoms with E-state index in [9.17, 15) is 5.11 Å². The van der Waals surface area contributed by atoms with Gasteiger partial charge in [0.05, 0.1) is 6.10 Å². The summed E-state index contributed by atoms with van der Waals surface area (Å²) in [5.74, 6) is 0.666. The maximum Gasteiger partial charge on any atom is 0.0552 e. The van der Waals surface area contributed by atoms with Crippen LogP contribution in [0.2, 0.25) is 0 Å². The molecule has 0 aromatic heterocycles. The average molecular weight is 205 g/mol. The molecule has 0 aliphatic carbocycles. The fourth-order valence-corrected chi connectivity index (χ4v) is 2.25. The first-order chi connectivity index (χ1) is 7.25. The number of rotatable bonds is 3. The van der Waals surface area contributed by atoms with Crippen molar-refractivity contribution in [3.8, 4) is 0 Å². The highest BCUT2D eigenvalue weighted by Gasteiger charge is 2.16. The van der Waals surface area contributed by atoms with E-state index in [2.05, 4.69) is 29.6 Å². The lowest BCUT2D eigenvalue weighted by Gasteiger charge is -2.11. The van der Waals surface area contributed by atoms with Gasteiger partial charge in [0.15, 0.2) is 0 Å². The van der Waals surface area contributed by atoms with Crippen LogP contribution in [0.25, 0.3) is 0 Å². The van der Waals surface area contributed by atoms with Crippen LogP contribution in [0.15, 0.2) is 24.3 Å². The molecule has 1 aliphatic heterocycles. The quantitative estimate of drug-likeness (QED) is 0.787. The average Bonchev–Trinajstić information content (AvgIpc) is 2.69. The van der Waals surface area contributed by atoms with Crippen LogP contribution in [0.5, 0.6) is 0 Å². The largest absolute Gasteiger partial charge is 0.393 e. The predicted molar refractivity (Wildman–Crippen MR) is 62.1 cm³/mol. The molecule has 0 amide bonds. The van der Waals surface area contributed by atoms with E-state index < -0.39 is 0 Å². The summed E-state index contributed by atoms with van der Waals surface area (Å²) in [5.41, 5.74) is 2.66. The van der Waals surface area contributed by atoms with Gasteiger partial charge in [-0.15, -0.1) is 0 Å². The van der Waals surface area contributed by atoms with Crippen molar-refractivity contribution in [2.75, 3.05) is 13.1 Å². The molecule has 1 aromatic carbocycles. The summed E-state index contributed by atoms with van der Waals surface area (Å²) in [6.45, 7) is 4.06. The Morgan fingerprint density at radius 3 is 3.07 bits per heavy atom. The number of hydrogen-bond donors (Lipinski definition) is 2. The number of benzene rings is 1. The first kappa shape index (κ1) is 10.7. The minimum Gasteiger partial charge on any atom is -0.393 e. The summed E-state index contributed by atoms with van der Waals surface area (Å²) in [6, 6.07) is 8.64. The van der Waals surface area contributed by atoms with E-state index in [1.54, 1.807) is 0 Å². The number of nitrogens with one attached hydrogen (secondary N) is 1. The third kappa shape index (κ3) is 2.80. The summed E-state index contributed by atoms with van der Waals surface area (Å²) >= 11 is 0. The lowest BCUT2D eigenvalue weighted by molar-refractivity contribution is 0.195. The Labute approximate surface area is 91.3 Å². The van der Waals surface area contributed by atoms with Crippen LogP contribution in [0.4, 0.5) is 0 Å². The van der Waals surface area contributed by atoms with Crippen molar-refractivity contribution in [1.29, 1.82) is 0 Å². The minimum atomic E-state index is -0.248. The molecular formula is C13H19NO. The van der Waals surface area contributed by atoms with Crippen LogP contribution < -0.4 is 5.32 Å². The van der Waals surface area contributed by atoms with Crippen LogP contribution in [-0.2, 0) is 6.42 Å². The molecule has 2 N–H and O–H groups in total. The monoisotopic (exact) mass is 205 g/mol. The highest BCUT2D eigenvalue weighted by Crippen LogP contribution is 2.23. The Bertz CT molecular complexity index is 316. The van der Waals surface area contributed by atoms with Gasteiger partial charge in [0.1, 0.15) is 0 Å². The van der Waals surface area contributed by atoms with Crippen LogP contribution in [0.3, 0.4) is 0 Å². The Kier molecular flexibility index (Phi) is 3.39. The van der Waals surface area contributed by atoms with Crippen molar-refractivity contribution in [1.82, 2.24) is 5.32 Å². The normalized spacial score (nSPS) is 22.9. The van der Waals surface area contributed by atoms with Gasteiger partial charge in [0.25, 0.3) is 0 Å². The molecule has 0 bridgehead atoms. The van der Waals surface area contributed by atoms with E-state index in [-0.39, 0.29) is 6.10 Å². The van der Waals surface area contributed by atoms with Crippen molar-refractivity contribution < 1.29 is 5.11 Å². The summed E-state index contributed by atoms with van der Waals surface area (Å²) in [5, 5.41) is 12.7. The van der Waals surface area contributed by atoms with Crippen molar-refractivity contribution in [3.63, 3.8) is 0 Å². The summed E-state index contributed by atoms with van der Waals surface area (Å²) in [7, 11) is 0. The van der Waals surface area contributed by atoms with Crippen LogP contribution >= 0.6 is 0 Å². The van der Waals surface area contributed by atoms with Crippen LogP contribution in [0, 0.1) is 0 Å². The van der Waals surface area contributed by atoms with Crippen LogP contribution in [0.1, 0.15) is 30.4 Å². The van der Waals surface area contributed by atoms with E-state index in [1.165, 1.54) is 17.5 Å². The van der Waals surface area contributed by atoms with Gasteiger partial charge in [-0.3, -0.25) is 0 Å². The molecular weight excluding hydrogens is 186 g/mol. The Balaban J connectivity index is 2.11. The molecule has 15 heavy (non-hydrogen) atoms. The predicted octanol–water partition coefficient (Wildman–Crippen LogP) is 1.69. The maximum absolute atomic E-state index is 9.35. The van der Waals surface area contributed by atoms with Crippen molar-refractivity contribution in [2.24, 2.45) is 0 Å². The fourth-order valence-electron chi connectivity index (χ4n) is 2.25. The first-order valence-electron chi connectivity index (χ1n) is 5.73. The molecule has 2 heteroatoms. The zero-order valence-corrected chi connectivity index (χ0v) is 9.24. The Hall–Kier alpha value is -0.860. The molecule has 1 saturated heterocycles. The molecule has 0 saturated carbocycles. The van der Waals surface area contributed by atoms with Crippen molar-refractivity contribution in [2.45, 2.75) is 31.8 Å². The second kappa shape index (κ2) is 4.77. The minimum absolute atomic E-state index is 0.248. The number of hydrogen-bond acceptors (Lipinski definition) is 2. The summed E-state index contributed by atoms with van der Waals surface area (Å²) in [6.07, 6.45) is 1.74. The SMILES string of the molecule is CC(O)Cc1cccc(C2CCNC2)c1. The van der Waals surface area contributed by atoms with Gasteiger partial charge in [-0.25, -0.2) is 0 Å². The molecule has 82 valence electrons. The number of aliphatic hydroxyl groups excluding tert-OH is 1. The van der Waals surface area contributed by atoms with E-state index in [1.807, 2.05) is 6.92 Å². The van der Waals surface area contributed by atoms with E-state index in [0.29, 0.717) is 5.92 Å². The number of aliphatic hydroxyl groups is 1. The topological polar surface area (TPSA) is 32.3 Å². The summed E-state index contributed by atoms with van der Waals surface area (Å²) in [4.78, 5) is 0. The van der Waals surface area contributed by atoms with Crippen LogP contribution in [-0.4, -0.2) is 24.3 Å². The molecule has 1 aromatic rings. The van der Waals surface area contributed by atoms with Gasteiger partial charge in [-0.1, -0.05) is 24.3 Å². The molecule has 0 radical (unpaired) electrons. The first-order valence-corrected chi connectivity index (χ1v) is 5.73. The molecule has 2 atom stereocenters. The van der Waals surface area contributed by atoms with Gasteiger partial charge >= 0.3 is 0 Å². The standard InChI is InChI=1S/C13H19NO/c1-10(15)7-11-3-2-4-12(8-11)13-5-6-14-9-13/h2-4,8,10,13-15H,5-7,9H2,1H3. The van der Waals surface area contributed by atoms with E-state index >= 15 is 0 Å². The molecule has 2 nitrogen and oxygen atoms in total. The van der Waals surface area contributed by atoms with Crippen molar-refractivity contribution in [3.05, 3.63) is 35.4 Å². The third-order valence-corrected chi connectivity index (χ3v) is 3.01. The molecule has 1 fully saturated rings. The molecule has 1 aliphatic rings. The van der Waals surface area contributed by atoms with Gasteiger partial charge < -0.3 is 10.4 Å².